The highest BCUT2D eigenvalue weighted by Gasteiger charge is 2.22. The molecule has 1 fully saturated rings. The molecule has 1 heteroatoms. The Morgan fingerprint density at radius 1 is 0.815 bits per heavy atom. The number of benzene rings is 2. The molecule has 2 N–H and O–H groups in total. The van der Waals surface area contributed by atoms with E-state index in [0.29, 0.717) is 5.92 Å². The second-order valence-corrected chi connectivity index (χ2v) is 8.62. The molecule has 27 heavy (non-hydrogen) atoms. The third kappa shape index (κ3) is 5.61. The van der Waals surface area contributed by atoms with E-state index < -0.39 is 0 Å². The van der Waals surface area contributed by atoms with Gasteiger partial charge >= 0.3 is 0 Å². The summed E-state index contributed by atoms with van der Waals surface area (Å²) in [4.78, 5) is 0. The molecule has 3 rings (SSSR count). The lowest BCUT2D eigenvalue weighted by Gasteiger charge is -2.29. The van der Waals surface area contributed by atoms with Gasteiger partial charge in [0.1, 0.15) is 0 Å². The maximum absolute atomic E-state index is 5.82. The van der Waals surface area contributed by atoms with Gasteiger partial charge in [0, 0.05) is 11.6 Å². The van der Waals surface area contributed by atoms with Crippen LogP contribution < -0.4 is 5.73 Å². The van der Waals surface area contributed by atoms with Crippen molar-refractivity contribution in [2.75, 3.05) is 5.73 Å². The Kier molecular flexibility index (Phi) is 7.38. The number of hydrogen-bond donors (Lipinski definition) is 1. The molecule has 0 aliphatic heterocycles. The lowest BCUT2D eigenvalue weighted by molar-refractivity contribution is 0.302. The van der Waals surface area contributed by atoms with Gasteiger partial charge in [0.2, 0.25) is 0 Å². The van der Waals surface area contributed by atoms with Crippen LogP contribution in [0.2, 0.25) is 0 Å². The van der Waals surface area contributed by atoms with Gasteiger partial charge in [0.05, 0.1) is 0 Å². The van der Waals surface area contributed by atoms with Crippen LogP contribution in [0.25, 0.3) is 0 Å². The zero-order valence-electron chi connectivity index (χ0n) is 17.3. The molecule has 0 saturated heterocycles. The highest BCUT2D eigenvalue weighted by molar-refractivity contribution is 5.42. The predicted molar refractivity (Wildman–Crippen MR) is 118 cm³/mol. The maximum Gasteiger partial charge on any atom is 0.0314 e. The molecule has 2 aromatic rings. The van der Waals surface area contributed by atoms with Crippen molar-refractivity contribution >= 4 is 5.69 Å². The fourth-order valence-corrected chi connectivity index (χ4v) is 4.68. The molecular weight excluding hydrogens is 326 g/mol. The minimum absolute atomic E-state index is 0.415. The van der Waals surface area contributed by atoms with E-state index in [4.69, 9.17) is 5.73 Å². The summed E-state index contributed by atoms with van der Waals surface area (Å²) in [6, 6.07) is 17.7. The average molecular weight is 364 g/mol. The molecule has 0 spiro atoms. The number of anilines is 1. The second-order valence-electron chi connectivity index (χ2n) is 8.62. The second kappa shape index (κ2) is 9.97. The quantitative estimate of drug-likeness (QED) is 0.378. The first-order valence-corrected chi connectivity index (χ1v) is 11.1. The molecule has 2 aromatic carbocycles. The fourth-order valence-electron chi connectivity index (χ4n) is 4.68. The Morgan fingerprint density at radius 3 is 2.00 bits per heavy atom. The predicted octanol–water partition coefficient (Wildman–Crippen LogP) is 7.66. The van der Waals surface area contributed by atoms with Crippen LogP contribution in [0.1, 0.15) is 100 Å². The lowest BCUT2D eigenvalue weighted by Crippen LogP contribution is -2.13. The first-order valence-electron chi connectivity index (χ1n) is 11.1. The number of nitrogen functional groups attached to an aromatic ring is 1. The topological polar surface area (TPSA) is 26.0 Å². The molecule has 1 aliphatic rings. The van der Waals surface area contributed by atoms with Gasteiger partial charge in [-0.1, -0.05) is 82.3 Å². The van der Waals surface area contributed by atoms with Crippen LogP contribution in [0.15, 0.2) is 48.5 Å². The van der Waals surface area contributed by atoms with E-state index in [9.17, 15) is 0 Å². The third-order valence-electron chi connectivity index (χ3n) is 6.66. The van der Waals surface area contributed by atoms with E-state index >= 15 is 0 Å². The van der Waals surface area contributed by atoms with Gasteiger partial charge in [-0.05, 0) is 66.3 Å². The SMILES string of the molecule is CCCCCCC1CCC(c2ccc(C(C)c3ccc(N)cc3)cc2)CC1. The van der Waals surface area contributed by atoms with Crippen LogP contribution >= 0.6 is 0 Å². The highest BCUT2D eigenvalue weighted by atomic mass is 14.5. The third-order valence-corrected chi connectivity index (χ3v) is 6.66. The van der Waals surface area contributed by atoms with E-state index in [-0.39, 0.29) is 0 Å². The van der Waals surface area contributed by atoms with Crippen molar-refractivity contribution in [2.24, 2.45) is 5.92 Å². The van der Waals surface area contributed by atoms with Crippen LogP contribution in [0.4, 0.5) is 5.69 Å². The van der Waals surface area contributed by atoms with Crippen molar-refractivity contribution in [1.29, 1.82) is 0 Å². The molecule has 0 aromatic heterocycles. The Bertz CT molecular complexity index is 662. The first kappa shape index (κ1) is 20.0. The normalized spacial score (nSPS) is 21.1. The van der Waals surface area contributed by atoms with Crippen molar-refractivity contribution in [3.8, 4) is 0 Å². The molecule has 0 bridgehead atoms. The molecule has 1 atom stereocenters. The minimum atomic E-state index is 0.415. The Balaban J connectivity index is 1.51. The zero-order chi connectivity index (χ0) is 19.1. The van der Waals surface area contributed by atoms with E-state index in [1.54, 1.807) is 5.56 Å². The summed E-state index contributed by atoms with van der Waals surface area (Å²) in [6.45, 7) is 4.58. The summed E-state index contributed by atoms with van der Waals surface area (Å²) in [6.07, 6.45) is 12.7. The monoisotopic (exact) mass is 363 g/mol. The number of nitrogens with two attached hydrogens (primary N) is 1. The number of unbranched alkanes of at least 4 members (excludes halogenated alkanes) is 3. The fraction of sp³-hybridized carbons (Fsp3) is 0.538. The van der Waals surface area contributed by atoms with Crippen LogP contribution in [-0.2, 0) is 0 Å². The standard InChI is InChI=1S/C26H37N/c1-3-4-5-6-7-21-8-10-24(11-9-21)25-14-12-22(13-15-25)20(2)23-16-18-26(27)19-17-23/h12-21,24H,3-11,27H2,1-2H3. The Morgan fingerprint density at radius 2 is 1.41 bits per heavy atom. The van der Waals surface area contributed by atoms with Gasteiger partial charge in [-0.2, -0.15) is 0 Å². The van der Waals surface area contributed by atoms with Crippen molar-refractivity contribution < 1.29 is 0 Å². The molecule has 146 valence electrons. The molecule has 1 nitrogen and oxygen atoms in total. The molecule has 1 aliphatic carbocycles. The molecule has 0 amide bonds. The van der Waals surface area contributed by atoms with Gasteiger partial charge < -0.3 is 5.73 Å². The minimum Gasteiger partial charge on any atom is -0.399 e. The first-order chi connectivity index (χ1) is 13.2. The van der Waals surface area contributed by atoms with Crippen LogP contribution in [0.5, 0.6) is 0 Å². The van der Waals surface area contributed by atoms with Crippen LogP contribution in [-0.4, -0.2) is 0 Å². The van der Waals surface area contributed by atoms with Crippen molar-refractivity contribution in [1.82, 2.24) is 0 Å². The molecule has 0 heterocycles. The molecule has 1 saturated carbocycles. The van der Waals surface area contributed by atoms with Crippen LogP contribution in [0, 0.1) is 5.92 Å². The van der Waals surface area contributed by atoms with E-state index in [0.717, 1.165) is 17.5 Å². The summed E-state index contributed by atoms with van der Waals surface area (Å²) in [5, 5.41) is 0. The van der Waals surface area contributed by atoms with Gasteiger partial charge in [-0.15, -0.1) is 0 Å². The number of rotatable bonds is 8. The average Bonchev–Trinajstić information content (AvgIpc) is 2.72. The Labute approximate surface area is 166 Å². The summed E-state index contributed by atoms with van der Waals surface area (Å²) in [5.74, 6) is 2.18. The summed E-state index contributed by atoms with van der Waals surface area (Å²) < 4.78 is 0. The lowest BCUT2D eigenvalue weighted by atomic mass is 9.76. The smallest absolute Gasteiger partial charge is 0.0314 e. The zero-order valence-corrected chi connectivity index (χ0v) is 17.3. The van der Waals surface area contributed by atoms with Gasteiger partial charge in [-0.25, -0.2) is 0 Å². The maximum atomic E-state index is 5.82. The number of hydrogen-bond acceptors (Lipinski definition) is 1. The highest BCUT2D eigenvalue weighted by Crippen LogP contribution is 2.38. The Hall–Kier alpha value is -1.76. The van der Waals surface area contributed by atoms with Gasteiger partial charge in [0.15, 0.2) is 0 Å². The van der Waals surface area contributed by atoms with E-state index in [1.807, 2.05) is 12.1 Å². The molecule has 1 unspecified atom stereocenters. The summed E-state index contributed by atoms with van der Waals surface area (Å²) >= 11 is 0. The van der Waals surface area contributed by atoms with E-state index in [2.05, 4.69) is 50.2 Å². The van der Waals surface area contributed by atoms with Crippen molar-refractivity contribution in [3.63, 3.8) is 0 Å². The summed E-state index contributed by atoms with van der Waals surface area (Å²) in [5.41, 5.74) is 10.9. The largest absolute Gasteiger partial charge is 0.399 e. The molecule has 0 radical (unpaired) electrons. The summed E-state index contributed by atoms with van der Waals surface area (Å²) in [7, 11) is 0. The van der Waals surface area contributed by atoms with Crippen molar-refractivity contribution in [3.05, 3.63) is 65.2 Å². The van der Waals surface area contributed by atoms with Gasteiger partial charge in [0.25, 0.3) is 0 Å². The van der Waals surface area contributed by atoms with Crippen molar-refractivity contribution in [2.45, 2.75) is 83.5 Å². The van der Waals surface area contributed by atoms with Gasteiger partial charge in [-0.3, -0.25) is 0 Å². The van der Waals surface area contributed by atoms with E-state index in [1.165, 1.54) is 68.9 Å². The molecular formula is C26H37N. The van der Waals surface area contributed by atoms with Crippen LogP contribution in [0.3, 0.4) is 0 Å².